The lowest BCUT2D eigenvalue weighted by atomic mass is 10.0. The maximum Gasteiger partial charge on any atom is 0.236 e. The van der Waals surface area contributed by atoms with Crippen molar-refractivity contribution in [2.45, 2.75) is 26.3 Å². The summed E-state index contributed by atoms with van der Waals surface area (Å²) in [6.45, 7) is 11.1. The minimum absolute atomic E-state index is 0.0662. The van der Waals surface area contributed by atoms with E-state index in [1.165, 1.54) is 0 Å². The summed E-state index contributed by atoms with van der Waals surface area (Å²) in [6, 6.07) is 0. The number of rotatable bonds is 6. The van der Waals surface area contributed by atoms with E-state index >= 15 is 0 Å². The Labute approximate surface area is 110 Å². The summed E-state index contributed by atoms with van der Waals surface area (Å²) in [5.74, 6) is 0.200. The molecule has 0 aromatic rings. The van der Waals surface area contributed by atoms with Gasteiger partial charge in [0.25, 0.3) is 0 Å². The fraction of sp³-hybridized carbons (Fsp3) is 0.923. The minimum Gasteiger partial charge on any atom is -0.382 e. The summed E-state index contributed by atoms with van der Waals surface area (Å²) in [4.78, 5) is 16.1. The molecule has 0 atom stereocenters. The van der Waals surface area contributed by atoms with Gasteiger partial charge in [0.05, 0.1) is 26.4 Å². The lowest BCUT2D eigenvalue weighted by molar-refractivity contribution is -0.139. The smallest absolute Gasteiger partial charge is 0.236 e. The Bertz CT molecular complexity index is 263. The molecule has 1 amide bonds. The molecule has 1 aliphatic heterocycles. The molecular weight excluding hydrogens is 232 g/mol. The Morgan fingerprint density at radius 2 is 1.89 bits per heavy atom. The second-order valence-corrected chi connectivity index (χ2v) is 5.58. The van der Waals surface area contributed by atoms with E-state index in [1.807, 2.05) is 4.90 Å². The van der Waals surface area contributed by atoms with Gasteiger partial charge in [-0.2, -0.15) is 0 Å². The number of carbonyl (C=O) groups is 1. The van der Waals surface area contributed by atoms with Gasteiger partial charge in [-0.05, 0) is 20.8 Å². The van der Waals surface area contributed by atoms with E-state index in [2.05, 4.69) is 25.7 Å². The van der Waals surface area contributed by atoms with Gasteiger partial charge >= 0.3 is 0 Å². The van der Waals surface area contributed by atoms with E-state index in [-0.39, 0.29) is 11.4 Å². The van der Waals surface area contributed by atoms with Crippen molar-refractivity contribution in [3.63, 3.8) is 0 Å². The standard InChI is InChI=1S/C13H26N2O3/c1-13(2,3)15-6-5-14(12(16)11-15)7-8-18-10-9-17-4/h5-11H2,1-4H3. The van der Waals surface area contributed by atoms with Crippen LogP contribution in [-0.2, 0) is 14.3 Å². The molecular formula is C13H26N2O3. The van der Waals surface area contributed by atoms with Crippen molar-refractivity contribution in [3.8, 4) is 0 Å². The Morgan fingerprint density at radius 3 is 2.44 bits per heavy atom. The molecule has 5 heteroatoms. The lowest BCUT2D eigenvalue weighted by Crippen LogP contribution is -2.56. The number of nitrogens with zero attached hydrogens (tertiary/aromatic N) is 2. The van der Waals surface area contributed by atoms with E-state index < -0.39 is 0 Å². The molecule has 0 bridgehead atoms. The van der Waals surface area contributed by atoms with Crippen molar-refractivity contribution >= 4 is 5.91 Å². The number of amides is 1. The van der Waals surface area contributed by atoms with Crippen molar-refractivity contribution in [2.75, 3.05) is 53.1 Å². The zero-order valence-electron chi connectivity index (χ0n) is 12.1. The molecule has 0 aromatic heterocycles. The number of piperazine rings is 1. The fourth-order valence-electron chi connectivity index (χ4n) is 1.94. The predicted octanol–water partition coefficient (Wildman–Crippen LogP) is 0.592. The third-order valence-electron chi connectivity index (χ3n) is 3.20. The zero-order chi connectivity index (χ0) is 13.6. The van der Waals surface area contributed by atoms with Crippen molar-refractivity contribution in [2.24, 2.45) is 0 Å². The van der Waals surface area contributed by atoms with Crippen LogP contribution in [0.25, 0.3) is 0 Å². The van der Waals surface area contributed by atoms with Crippen LogP contribution in [0.4, 0.5) is 0 Å². The molecule has 106 valence electrons. The van der Waals surface area contributed by atoms with Crippen LogP contribution in [0.2, 0.25) is 0 Å². The van der Waals surface area contributed by atoms with Gasteiger partial charge in [-0.1, -0.05) is 0 Å². The molecule has 0 spiro atoms. The number of methoxy groups -OCH3 is 1. The third kappa shape index (κ3) is 4.92. The molecule has 0 radical (unpaired) electrons. The Hall–Kier alpha value is -0.650. The first-order chi connectivity index (χ1) is 8.45. The molecule has 5 nitrogen and oxygen atoms in total. The summed E-state index contributed by atoms with van der Waals surface area (Å²) < 4.78 is 10.3. The molecule has 0 saturated carbocycles. The van der Waals surface area contributed by atoms with Crippen LogP contribution < -0.4 is 0 Å². The fourth-order valence-corrected chi connectivity index (χ4v) is 1.94. The summed E-state index contributed by atoms with van der Waals surface area (Å²) >= 11 is 0. The highest BCUT2D eigenvalue weighted by molar-refractivity contribution is 5.79. The van der Waals surface area contributed by atoms with Gasteiger partial charge < -0.3 is 14.4 Å². The lowest BCUT2D eigenvalue weighted by Gasteiger charge is -2.41. The SMILES string of the molecule is COCCOCCN1CCN(C(C)(C)C)CC1=O. The van der Waals surface area contributed by atoms with E-state index in [4.69, 9.17) is 9.47 Å². The average Bonchev–Trinajstić information content (AvgIpc) is 2.29. The van der Waals surface area contributed by atoms with Crippen LogP contribution in [0, 0.1) is 0 Å². The van der Waals surface area contributed by atoms with Gasteiger partial charge in [0.2, 0.25) is 5.91 Å². The number of ether oxygens (including phenoxy) is 2. The highest BCUT2D eigenvalue weighted by Crippen LogP contribution is 2.16. The highest BCUT2D eigenvalue weighted by atomic mass is 16.5. The van der Waals surface area contributed by atoms with Crippen molar-refractivity contribution in [3.05, 3.63) is 0 Å². The third-order valence-corrected chi connectivity index (χ3v) is 3.20. The Morgan fingerprint density at radius 1 is 1.17 bits per heavy atom. The largest absolute Gasteiger partial charge is 0.382 e. The summed E-state index contributed by atoms with van der Waals surface area (Å²) in [5, 5.41) is 0. The molecule has 1 aliphatic rings. The van der Waals surface area contributed by atoms with Crippen LogP contribution in [0.1, 0.15) is 20.8 Å². The second-order valence-electron chi connectivity index (χ2n) is 5.58. The maximum atomic E-state index is 12.0. The first kappa shape index (κ1) is 15.4. The molecule has 1 saturated heterocycles. The van der Waals surface area contributed by atoms with E-state index in [0.29, 0.717) is 32.9 Å². The van der Waals surface area contributed by atoms with Crippen LogP contribution in [0.3, 0.4) is 0 Å². The topological polar surface area (TPSA) is 42.0 Å². The molecule has 18 heavy (non-hydrogen) atoms. The van der Waals surface area contributed by atoms with Crippen LogP contribution >= 0.6 is 0 Å². The van der Waals surface area contributed by atoms with Gasteiger partial charge in [-0.3, -0.25) is 9.69 Å². The Kier molecular flexibility index (Phi) is 6.05. The van der Waals surface area contributed by atoms with Gasteiger partial charge in [0.1, 0.15) is 0 Å². The minimum atomic E-state index is 0.0662. The van der Waals surface area contributed by atoms with Crippen molar-refractivity contribution in [1.29, 1.82) is 0 Å². The molecule has 1 heterocycles. The first-order valence-corrected chi connectivity index (χ1v) is 6.54. The normalized spacial score (nSPS) is 18.4. The van der Waals surface area contributed by atoms with Gasteiger partial charge in [-0.25, -0.2) is 0 Å². The summed E-state index contributed by atoms with van der Waals surface area (Å²) in [7, 11) is 1.65. The summed E-state index contributed by atoms with van der Waals surface area (Å²) in [6.07, 6.45) is 0. The number of hydrogen-bond donors (Lipinski definition) is 0. The van der Waals surface area contributed by atoms with Crippen molar-refractivity contribution < 1.29 is 14.3 Å². The van der Waals surface area contributed by atoms with Crippen LogP contribution in [-0.4, -0.2) is 74.4 Å². The van der Waals surface area contributed by atoms with E-state index in [0.717, 1.165) is 13.1 Å². The van der Waals surface area contributed by atoms with Crippen LogP contribution in [0.5, 0.6) is 0 Å². The highest BCUT2D eigenvalue weighted by Gasteiger charge is 2.30. The quantitative estimate of drug-likeness (QED) is 0.654. The maximum absolute atomic E-state index is 12.0. The van der Waals surface area contributed by atoms with Crippen molar-refractivity contribution in [1.82, 2.24) is 9.80 Å². The van der Waals surface area contributed by atoms with Gasteiger partial charge in [0, 0.05) is 32.3 Å². The molecule has 0 unspecified atom stereocenters. The first-order valence-electron chi connectivity index (χ1n) is 6.54. The predicted molar refractivity (Wildman–Crippen MR) is 70.6 cm³/mol. The number of hydrogen-bond acceptors (Lipinski definition) is 4. The van der Waals surface area contributed by atoms with Gasteiger partial charge in [0.15, 0.2) is 0 Å². The average molecular weight is 258 g/mol. The molecule has 0 aliphatic carbocycles. The molecule has 1 rings (SSSR count). The zero-order valence-corrected chi connectivity index (χ0v) is 12.1. The monoisotopic (exact) mass is 258 g/mol. The molecule has 0 aromatic carbocycles. The molecule has 1 fully saturated rings. The molecule has 0 N–H and O–H groups in total. The second kappa shape index (κ2) is 7.07. The van der Waals surface area contributed by atoms with Crippen LogP contribution in [0.15, 0.2) is 0 Å². The van der Waals surface area contributed by atoms with E-state index in [1.54, 1.807) is 7.11 Å². The van der Waals surface area contributed by atoms with E-state index in [9.17, 15) is 4.79 Å². The summed E-state index contributed by atoms with van der Waals surface area (Å²) in [5.41, 5.74) is 0.0662. The van der Waals surface area contributed by atoms with Gasteiger partial charge in [-0.15, -0.1) is 0 Å². The Balaban J connectivity index is 2.24. The number of carbonyl (C=O) groups excluding carboxylic acids is 1.